The molecule has 34 heavy (non-hydrogen) atoms. The van der Waals surface area contributed by atoms with Crippen LogP contribution in [-0.2, 0) is 14.4 Å². The van der Waals surface area contributed by atoms with Gasteiger partial charge in [0.25, 0.3) is 11.8 Å². The first-order valence-electron chi connectivity index (χ1n) is 11.1. The molecule has 176 valence electrons. The Labute approximate surface area is 208 Å². The van der Waals surface area contributed by atoms with E-state index in [1.807, 2.05) is 26.8 Å². The van der Waals surface area contributed by atoms with Gasteiger partial charge in [0.15, 0.2) is 0 Å². The normalized spacial score (nSPS) is 18.4. The third kappa shape index (κ3) is 4.45. The molecule has 2 heterocycles. The van der Waals surface area contributed by atoms with Crippen molar-refractivity contribution in [2.45, 2.75) is 33.2 Å². The minimum atomic E-state index is -0.382. The van der Waals surface area contributed by atoms with Crippen LogP contribution in [0.25, 0.3) is 5.57 Å². The fraction of sp³-hybridized carbons (Fsp3) is 0.280. The second-order valence-electron chi connectivity index (χ2n) is 7.92. The summed E-state index contributed by atoms with van der Waals surface area (Å²) in [4.78, 5) is 42.8. The summed E-state index contributed by atoms with van der Waals surface area (Å²) in [6.45, 7) is 6.19. The van der Waals surface area contributed by atoms with Crippen LogP contribution in [0.1, 0.15) is 32.8 Å². The Morgan fingerprint density at radius 3 is 2.47 bits per heavy atom. The number of fused-ring (bicyclic) bond motifs is 1. The Balaban J connectivity index is 1.59. The maximum absolute atomic E-state index is 13.5. The van der Waals surface area contributed by atoms with E-state index in [1.165, 1.54) is 4.90 Å². The zero-order valence-electron chi connectivity index (χ0n) is 19.2. The standard InChI is InChI=1S/C25H25N3O4S2/c1-4-15(3)28-24(31)22(34-25(28)33)21-18-8-6-7-9-19(18)27(23(21)30)14-20(29)26-16-10-12-17(13-11-16)32-5-2/h6-13,15H,4-5,14H2,1-3H3,(H,26,29). The van der Waals surface area contributed by atoms with Crippen LogP contribution in [0.4, 0.5) is 11.4 Å². The molecule has 0 aromatic heterocycles. The van der Waals surface area contributed by atoms with Crippen molar-refractivity contribution in [3.8, 4) is 5.75 Å². The average Bonchev–Trinajstić information content (AvgIpc) is 3.27. The van der Waals surface area contributed by atoms with Gasteiger partial charge in [-0.1, -0.05) is 49.1 Å². The molecule has 9 heteroatoms. The summed E-state index contributed by atoms with van der Waals surface area (Å²) < 4.78 is 5.86. The maximum Gasteiger partial charge on any atom is 0.267 e. The van der Waals surface area contributed by atoms with E-state index in [0.717, 1.165) is 18.2 Å². The number of carbonyl (C=O) groups excluding carboxylic acids is 3. The van der Waals surface area contributed by atoms with Crippen molar-refractivity contribution in [3.05, 3.63) is 59.0 Å². The molecule has 0 radical (unpaired) electrons. The quantitative estimate of drug-likeness (QED) is 0.452. The highest BCUT2D eigenvalue weighted by molar-refractivity contribution is 8.26. The van der Waals surface area contributed by atoms with Gasteiger partial charge in [-0.3, -0.25) is 24.2 Å². The number of carbonyl (C=O) groups is 3. The first kappa shape index (κ1) is 24.0. The summed E-state index contributed by atoms with van der Waals surface area (Å²) >= 11 is 6.59. The number of nitrogens with one attached hydrogen (secondary N) is 1. The van der Waals surface area contributed by atoms with Gasteiger partial charge in [-0.15, -0.1) is 0 Å². The van der Waals surface area contributed by atoms with E-state index in [0.29, 0.717) is 44.1 Å². The van der Waals surface area contributed by atoms with Crippen molar-refractivity contribution in [1.29, 1.82) is 0 Å². The summed E-state index contributed by atoms with van der Waals surface area (Å²) in [5, 5.41) is 2.81. The van der Waals surface area contributed by atoms with E-state index in [2.05, 4.69) is 5.32 Å². The highest BCUT2D eigenvalue weighted by Crippen LogP contribution is 2.45. The number of anilines is 2. The zero-order chi connectivity index (χ0) is 24.4. The molecule has 0 bridgehead atoms. The molecular formula is C25H25N3O4S2. The summed E-state index contributed by atoms with van der Waals surface area (Å²) in [7, 11) is 0. The van der Waals surface area contributed by atoms with Crippen LogP contribution >= 0.6 is 24.0 Å². The molecule has 1 N–H and O–H groups in total. The van der Waals surface area contributed by atoms with Crippen LogP contribution in [-0.4, -0.2) is 46.1 Å². The van der Waals surface area contributed by atoms with E-state index in [4.69, 9.17) is 17.0 Å². The maximum atomic E-state index is 13.5. The van der Waals surface area contributed by atoms with Gasteiger partial charge >= 0.3 is 0 Å². The number of benzene rings is 2. The number of thioether (sulfide) groups is 1. The Bertz CT molecular complexity index is 1190. The number of rotatable bonds is 7. The van der Waals surface area contributed by atoms with Crippen LogP contribution in [0.3, 0.4) is 0 Å². The van der Waals surface area contributed by atoms with Gasteiger partial charge in [0.05, 0.1) is 22.8 Å². The summed E-state index contributed by atoms with van der Waals surface area (Å²) in [5.74, 6) is -0.278. The molecule has 4 rings (SSSR count). The Hall–Kier alpha value is -3.17. The predicted molar refractivity (Wildman–Crippen MR) is 139 cm³/mol. The van der Waals surface area contributed by atoms with Crippen molar-refractivity contribution in [3.63, 3.8) is 0 Å². The number of hydrogen-bond donors (Lipinski definition) is 1. The van der Waals surface area contributed by atoms with Crippen LogP contribution in [0, 0.1) is 0 Å². The number of hydrogen-bond acceptors (Lipinski definition) is 6. The van der Waals surface area contributed by atoms with Crippen LogP contribution in [0.15, 0.2) is 53.4 Å². The SMILES string of the molecule is CCOc1ccc(NC(=O)CN2C(=O)C(=C3SC(=S)N(C(C)CC)C3=O)c3ccccc32)cc1. The summed E-state index contributed by atoms with van der Waals surface area (Å²) in [5.41, 5.74) is 2.12. The molecule has 1 unspecified atom stereocenters. The van der Waals surface area contributed by atoms with Crippen molar-refractivity contribution in [2.75, 3.05) is 23.4 Å². The molecule has 3 amide bonds. The lowest BCUT2D eigenvalue weighted by atomic mass is 10.1. The Morgan fingerprint density at radius 2 is 1.79 bits per heavy atom. The fourth-order valence-electron chi connectivity index (χ4n) is 3.89. The van der Waals surface area contributed by atoms with Gasteiger partial charge in [0.2, 0.25) is 5.91 Å². The van der Waals surface area contributed by atoms with E-state index < -0.39 is 0 Å². The molecule has 0 aliphatic carbocycles. The molecule has 7 nitrogen and oxygen atoms in total. The molecule has 2 aromatic carbocycles. The van der Waals surface area contributed by atoms with Crippen molar-refractivity contribution < 1.29 is 19.1 Å². The van der Waals surface area contributed by atoms with Crippen LogP contribution in [0.5, 0.6) is 5.75 Å². The Morgan fingerprint density at radius 1 is 1.09 bits per heavy atom. The number of ether oxygens (including phenoxy) is 1. The highest BCUT2D eigenvalue weighted by atomic mass is 32.2. The summed E-state index contributed by atoms with van der Waals surface area (Å²) in [6.07, 6.45) is 0.747. The number of thiocarbonyl (C=S) groups is 1. The molecule has 1 fully saturated rings. The molecule has 0 spiro atoms. The van der Waals surface area contributed by atoms with Gasteiger partial charge in [-0.05, 0) is 50.6 Å². The second kappa shape index (κ2) is 9.99. The van der Waals surface area contributed by atoms with E-state index in [1.54, 1.807) is 47.4 Å². The van der Waals surface area contributed by atoms with Crippen molar-refractivity contribution in [2.24, 2.45) is 0 Å². The van der Waals surface area contributed by atoms with Gasteiger partial charge in [-0.2, -0.15) is 0 Å². The molecular weight excluding hydrogens is 470 g/mol. The largest absolute Gasteiger partial charge is 0.494 e. The van der Waals surface area contributed by atoms with E-state index >= 15 is 0 Å². The molecule has 2 aliphatic heterocycles. The van der Waals surface area contributed by atoms with Crippen molar-refractivity contribution >= 4 is 63.0 Å². The lowest BCUT2D eigenvalue weighted by Crippen LogP contribution is -2.37. The highest BCUT2D eigenvalue weighted by Gasteiger charge is 2.43. The monoisotopic (exact) mass is 495 g/mol. The smallest absolute Gasteiger partial charge is 0.267 e. The second-order valence-corrected chi connectivity index (χ2v) is 9.56. The number of nitrogens with zero attached hydrogens (tertiary/aromatic N) is 2. The molecule has 2 aromatic rings. The molecule has 2 aliphatic rings. The lowest BCUT2D eigenvalue weighted by Gasteiger charge is -2.21. The van der Waals surface area contributed by atoms with E-state index in [-0.39, 0.29) is 30.3 Å². The lowest BCUT2D eigenvalue weighted by molar-refractivity contribution is -0.123. The van der Waals surface area contributed by atoms with E-state index in [9.17, 15) is 14.4 Å². The summed E-state index contributed by atoms with van der Waals surface area (Å²) in [6, 6.07) is 14.2. The minimum absolute atomic E-state index is 0.0617. The van der Waals surface area contributed by atoms with Crippen molar-refractivity contribution in [1.82, 2.24) is 4.90 Å². The van der Waals surface area contributed by atoms with Gasteiger partial charge in [0.1, 0.15) is 16.6 Å². The van der Waals surface area contributed by atoms with Crippen LogP contribution in [0.2, 0.25) is 0 Å². The number of para-hydroxylation sites is 1. The van der Waals surface area contributed by atoms with Crippen LogP contribution < -0.4 is 15.0 Å². The fourth-order valence-corrected chi connectivity index (χ4v) is 5.43. The first-order chi connectivity index (χ1) is 16.3. The van der Waals surface area contributed by atoms with Gasteiger partial charge in [0, 0.05) is 17.3 Å². The molecule has 1 atom stereocenters. The topological polar surface area (TPSA) is 79.0 Å². The number of amides is 3. The predicted octanol–water partition coefficient (Wildman–Crippen LogP) is 4.44. The Kier molecular flexibility index (Phi) is 7.04. The molecule has 0 saturated carbocycles. The zero-order valence-corrected chi connectivity index (χ0v) is 20.8. The third-order valence-corrected chi connectivity index (χ3v) is 7.13. The third-order valence-electron chi connectivity index (χ3n) is 5.73. The average molecular weight is 496 g/mol. The van der Waals surface area contributed by atoms with Gasteiger partial charge < -0.3 is 10.1 Å². The molecule has 1 saturated heterocycles. The first-order valence-corrected chi connectivity index (χ1v) is 12.3. The van der Waals surface area contributed by atoms with Gasteiger partial charge in [-0.25, -0.2) is 0 Å². The minimum Gasteiger partial charge on any atom is -0.494 e.